The van der Waals surface area contributed by atoms with Gasteiger partial charge in [-0.05, 0) is 47.4 Å². The van der Waals surface area contributed by atoms with E-state index < -0.39 is 10.0 Å². The van der Waals surface area contributed by atoms with Gasteiger partial charge in [-0.15, -0.1) is 0 Å². The molecule has 0 radical (unpaired) electrons. The summed E-state index contributed by atoms with van der Waals surface area (Å²) in [6, 6.07) is 25.5. The fourth-order valence-corrected chi connectivity index (χ4v) is 6.15. The molecule has 4 aromatic rings. The van der Waals surface area contributed by atoms with Gasteiger partial charge in [0.15, 0.2) is 0 Å². The highest BCUT2D eigenvalue weighted by Crippen LogP contribution is 2.30. The summed E-state index contributed by atoms with van der Waals surface area (Å²) in [4.78, 5) is 16.0. The van der Waals surface area contributed by atoms with Crippen molar-refractivity contribution < 1.29 is 13.2 Å². The number of carbonyl (C=O) groups excluding carboxylic acids is 1. The Hall–Kier alpha value is -3.84. The molecule has 0 bridgehead atoms. The number of para-hydroxylation sites is 1. The van der Waals surface area contributed by atoms with Crippen LogP contribution in [0.4, 0.5) is 5.69 Å². The van der Waals surface area contributed by atoms with E-state index in [2.05, 4.69) is 28.5 Å². The average molecular weight is 486 g/mol. The van der Waals surface area contributed by atoms with E-state index in [1.165, 1.54) is 10.4 Å². The normalized spacial score (nSPS) is 16.1. The van der Waals surface area contributed by atoms with E-state index >= 15 is 0 Å². The summed E-state index contributed by atoms with van der Waals surface area (Å²) in [6.45, 7) is 0.972. The Morgan fingerprint density at radius 3 is 2.49 bits per heavy atom. The van der Waals surface area contributed by atoms with Crippen molar-refractivity contribution in [3.05, 3.63) is 108 Å². The maximum Gasteiger partial charge on any atom is 0.244 e. The monoisotopic (exact) mass is 485 g/mol. The number of nitrogens with zero attached hydrogens (tertiary/aromatic N) is 1. The van der Waals surface area contributed by atoms with Crippen LogP contribution in [0.2, 0.25) is 0 Å². The van der Waals surface area contributed by atoms with Crippen LogP contribution in [-0.4, -0.2) is 38.2 Å². The molecule has 1 saturated heterocycles. The van der Waals surface area contributed by atoms with E-state index in [-0.39, 0.29) is 17.6 Å². The van der Waals surface area contributed by atoms with E-state index in [0.29, 0.717) is 25.2 Å². The number of rotatable bonds is 7. The molecule has 1 fully saturated rings. The van der Waals surface area contributed by atoms with Crippen molar-refractivity contribution in [1.82, 2.24) is 10.3 Å². The minimum atomic E-state index is -3.20. The fraction of sp³-hybridized carbons (Fsp3) is 0.179. The van der Waals surface area contributed by atoms with Crippen LogP contribution in [-0.2, 0) is 14.8 Å². The first-order chi connectivity index (χ1) is 17.0. The number of hydrogen-bond donors (Lipinski definition) is 2. The van der Waals surface area contributed by atoms with Crippen LogP contribution in [0.1, 0.15) is 29.0 Å². The second-order valence-corrected chi connectivity index (χ2v) is 10.7. The topological polar surface area (TPSA) is 82.3 Å². The SMILES string of the molecule is O=C(/C=C/c1ccc(N2CCCS2(=O)=O)cc1)NCC(c1ccccc1)c1c[nH]c2ccccc12. The lowest BCUT2D eigenvalue weighted by Gasteiger charge is -2.18. The summed E-state index contributed by atoms with van der Waals surface area (Å²) in [6.07, 6.45) is 5.92. The predicted octanol–water partition coefficient (Wildman–Crippen LogP) is 4.67. The molecule has 1 atom stereocenters. The van der Waals surface area contributed by atoms with Gasteiger partial charge in [-0.3, -0.25) is 9.10 Å². The molecule has 1 unspecified atom stereocenters. The molecular formula is C28H27N3O3S. The van der Waals surface area contributed by atoms with Gasteiger partial charge in [0.2, 0.25) is 15.9 Å². The largest absolute Gasteiger partial charge is 0.361 e. The summed E-state index contributed by atoms with van der Waals surface area (Å²) in [5, 5.41) is 4.19. The zero-order valence-electron chi connectivity index (χ0n) is 19.2. The molecule has 0 saturated carbocycles. The van der Waals surface area contributed by atoms with Gasteiger partial charge in [-0.1, -0.05) is 60.7 Å². The molecule has 3 aromatic carbocycles. The highest BCUT2D eigenvalue weighted by molar-refractivity contribution is 7.93. The first-order valence-corrected chi connectivity index (χ1v) is 13.3. The van der Waals surface area contributed by atoms with E-state index in [1.807, 2.05) is 54.7 Å². The zero-order chi connectivity index (χ0) is 24.3. The number of aromatic nitrogens is 1. The molecular weight excluding hydrogens is 458 g/mol. The van der Waals surface area contributed by atoms with Gasteiger partial charge in [0.25, 0.3) is 0 Å². The lowest BCUT2D eigenvalue weighted by atomic mass is 9.91. The fourth-order valence-electron chi connectivity index (χ4n) is 4.59. The van der Waals surface area contributed by atoms with Crippen molar-refractivity contribution in [2.45, 2.75) is 12.3 Å². The molecule has 1 aliphatic heterocycles. The quantitative estimate of drug-likeness (QED) is 0.373. The second-order valence-electron chi connectivity index (χ2n) is 8.66. The second kappa shape index (κ2) is 9.80. The standard InChI is InChI=1S/C28H27N3O3S/c32-28(16-13-21-11-14-23(15-12-21)31-17-6-18-35(31,33)34)30-19-25(22-7-2-1-3-8-22)26-20-29-27-10-5-4-9-24(26)27/h1-5,7-16,20,25,29H,6,17-19H2,(H,30,32)/b16-13+. The van der Waals surface area contributed by atoms with Crippen LogP contribution >= 0.6 is 0 Å². The maximum atomic E-state index is 12.7. The molecule has 0 aliphatic carbocycles. The van der Waals surface area contributed by atoms with Gasteiger partial charge >= 0.3 is 0 Å². The molecule has 7 heteroatoms. The van der Waals surface area contributed by atoms with Gasteiger partial charge in [-0.25, -0.2) is 8.42 Å². The number of H-pyrrole nitrogens is 1. The lowest BCUT2D eigenvalue weighted by Crippen LogP contribution is -2.27. The highest BCUT2D eigenvalue weighted by atomic mass is 32.2. The Bertz CT molecular complexity index is 1460. The number of carbonyl (C=O) groups is 1. The average Bonchev–Trinajstić information content (AvgIpc) is 3.47. The molecule has 5 rings (SSSR count). The maximum absolute atomic E-state index is 12.7. The third-order valence-electron chi connectivity index (χ3n) is 6.39. The molecule has 178 valence electrons. The Balaban J connectivity index is 1.28. The summed E-state index contributed by atoms with van der Waals surface area (Å²) in [5.74, 6) is 0.0144. The predicted molar refractivity (Wildman–Crippen MR) is 141 cm³/mol. The minimum Gasteiger partial charge on any atom is -0.361 e. The third kappa shape index (κ3) is 5.00. The number of amides is 1. The van der Waals surface area contributed by atoms with Gasteiger partial charge in [-0.2, -0.15) is 0 Å². The van der Waals surface area contributed by atoms with Crippen LogP contribution in [0, 0.1) is 0 Å². The van der Waals surface area contributed by atoms with Crippen molar-refractivity contribution in [2.75, 3.05) is 23.1 Å². The Labute approximate surface area is 205 Å². The number of hydrogen-bond acceptors (Lipinski definition) is 3. The Kier molecular flexibility index (Phi) is 6.42. The lowest BCUT2D eigenvalue weighted by molar-refractivity contribution is -0.116. The first kappa shape index (κ1) is 22.9. The molecule has 2 heterocycles. The van der Waals surface area contributed by atoms with Gasteiger partial charge < -0.3 is 10.3 Å². The number of benzene rings is 3. The number of anilines is 1. The summed E-state index contributed by atoms with van der Waals surface area (Å²) >= 11 is 0. The molecule has 1 aromatic heterocycles. The molecule has 1 aliphatic rings. The van der Waals surface area contributed by atoms with Crippen molar-refractivity contribution in [1.29, 1.82) is 0 Å². The minimum absolute atomic E-state index is 0.00592. The summed E-state index contributed by atoms with van der Waals surface area (Å²) in [7, 11) is -3.20. The zero-order valence-corrected chi connectivity index (χ0v) is 20.0. The Morgan fingerprint density at radius 2 is 1.74 bits per heavy atom. The van der Waals surface area contributed by atoms with Crippen LogP contribution in [0.3, 0.4) is 0 Å². The van der Waals surface area contributed by atoms with Crippen LogP contribution in [0.15, 0.2) is 91.1 Å². The Morgan fingerprint density at radius 1 is 1.00 bits per heavy atom. The number of aromatic amines is 1. The van der Waals surface area contributed by atoms with Crippen molar-refractivity contribution in [2.24, 2.45) is 0 Å². The molecule has 6 nitrogen and oxygen atoms in total. The summed E-state index contributed by atoms with van der Waals surface area (Å²) < 4.78 is 25.7. The van der Waals surface area contributed by atoms with Crippen molar-refractivity contribution in [3.63, 3.8) is 0 Å². The van der Waals surface area contributed by atoms with Crippen LogP contribution in [0.5, 0.6) is 0 Å². The van der Waals surface area contributed by atoms with Gasteiger partial charge in [0.1, 0.15) is 0 Å². The number of fused-ring (bicyclic) bond motifs is 1. The molecule has 2 N–H and O–H groups in total. The van der Waals surface area contributed by atoms with Crippen molar-refractivity contribution in [3.8, 4) is 0 Å². The number of nitrogens with one attached hydrogen (secondary N) is 2. The van der Waals surface area contributed by atoms with E-state index in [0.717, 1.165) is 27.6 Å². The molecule has 1 amide bonds. The first-order valence-electron chi connectivity index (χ1n) is 11.7. The van der Waals surface area contributed by atoms with Gasteiger partial charge in [0, 0.05) is 42.2 Å². The van der Waals surface area contributed by atoms with E-state index in [1.54, 1.807) is 18.2 Å². The number of sulfonamides is 1. The molecule has 35 heavy (non-hydrogen) atoms. The van der Waals surface area contributed by atoms with Crippen LogP contribution < -0.4 is 9.62 Å². The highest BCUT2D eigenvalue weighted by Gasteiger charge is 2.28. The van der Waals surface area contributed by atoms with Gasteiger partial charge in [0.05, 0.1) is 11.4 Å². The summed E-state index contributed by atoms with van der Waals surface area (Å²) in [5.41, 5.74) is 4.84. The molecule has 0 spiro atoms. The van der Waals surface area contributed by atoms with Crippen molar-refractivity contribution >= 4 is 38.6 Å². The van der Waals surface area contributed by atoms with E-state index in [4.69, 9.17) is 0 Å². The van der Waals surface area contributed by atoms with Crippen LogP contribution in [0.25, 0.3) is 17.0 Å². The third-order valence-corrected chi connectivity index (χ3v) is 8.26. The van der Waals surface area contributed by atoms with E-state index in [9.17, 15) is 13.2 Å². The smallest absolute Gasteiger partial charge is 0.244 e.